The molecule has 0 atom stereocenters. The molecule has 0 aliphatic heterocycles. The minimum atomic E-state index is 0. The molecule has 0 amide bonds. The molecule has 0 unspecified atom stereocenters. The summed E-state index contributed by atoms with van der Waals surface area (Å²) in [7, 11) is 3.72. The topological polar surface area (TPSA) is 36.4 Å². The van der Waals surface area contributed by atoms with E-state index in [1.165, 1.54) is 25.7 Å². The number of nitrogens with one attached hydrogen (secondary N) is 2. The van der Waals surface area contributed by atoms with Crippen LogP contribution in [-0.2, 0) is 0 Å². The van der Waals surface area contributed by atoms with E-state index in [2.05, 4.69) is 36.4 Å². The van der Waals surface area contributed by atoms with Crippen molar-refractivity contribution in [1.82, 2.24) is 10.6 Å². The van der Waals surface area contributed by atoms with Gasteiger partial charge in [0.2, 0.25) is 0 Å². The summed E-state index contributed by atoms with van der Waals surface area (Å²) < 4.78 is 0. The van der Waals surface area contributed by atoms with E-state index in [1.54, 1.807) is 0 Å². The molecule has 0 saturated heterocycles. The van der Waals surface area contributed by atoms with E-state index in [0.717, 1.165) is 24.3 Å². The average Bonchev–Trinajstić information content (AvgIpc) is 2.30. The lowest BCUT2D eigenvalue weighted by Gasteiger charge is -2.37. The first-order valence-electron chi connectivity index (χ1n) is 6.85. The summed E-state index contributed by atoms with van der Waals surface area (Å²) in [6, 6.07) is 0. The van der Waals surface area contributed by atoms with Crippen LogP contribution in [0.1, 0.15) is 46.5 Å². The van der Waals surface area contributed by atoms with Gasteiger partial charge in [-0.1, -0.05) is 20.8 Å². The van der Waals surface area contributed by atoms with Crippen LogP contribution in [-0.4, -0.2) is 26.6 Å². The third-order valence-electron chi connectivity index (χ3n) is 4.09. The van der Waals surface area contributed by atoms with Crippen molar-refractivity contribution < 1.29 is 0 Å². The lowest BCUT2D eigenvalue weighted by molar-refractivity contribution is 0.151. The lowest BCUT2D eigenvalue weighted by atomic mass is 9.70. The predicted octanol–water partition coefficient (Wildman–Crippen LogP) is 3.25. The molecule has 1 aliphatic carbocycles. The van der Waals surface area contributed by atoms with Crippen molar-refractivity contribution in [1.29, 1.82) is 0 Å². The van der Waals surface area contributed by atoms with Crippen molar-refractivity contribution in [2.45, 2.75) is 46.5 Å². The van der Waals surface area contributed by atoms with E-state index in [-0.39, 0.29) is 24.0 Å². The first kappa shape index (κ1) is 18.0. The Morgan fingerprint density at radius 2 is 1.72 bits per heavy atom. The van der Waals surface area contributed by atoms with Crippen LogP contribution in [0.3, 0.4) is 0 Å². The van der Waals surface area contributed by atoms with Crippen LogP contribution < -0.4 is 10.6 Å². The van der Waals surface area contributed by atoms with Gasteiger partial charge in [-0.25, -0.2) is 0 Å². The maximum atomic E-state index is 4.14. The summed E-state index contributed by atoms with van der Waals surface area (Å²) in [5, 5.41) is 6.44. The Morgan fingerprint density at radius 1 is 1.17 bits per heavy atom. The first-order valence-corrected chi connectivity index (χ1v) is 6.85. The molecule has 18 heavy (non-hydrogen) atoms. The van der Waals surface area contributed by atoms with Crippen molar-refractivity contribution in [3.8, 4) is 0 Å². The highest BCUT2D eigenvalue weighted by atomic mass is 127. The molecule has 1 saturated carbocycles. The Bertz CT molecular complexity index is 250. The van der Waals surface area contributed by atoms with Gasteiger partial charge < -0.3 is 10.6 Å². The summed E-state index contributed by atoms with van der Waals surface area (Å²) in [6.07, 6.45) is 5.48. The van der Waals surface area contributed by atoms with E-state index < -0.39 is 0 Å². The van der Waals surface area contributed by atoms with E-state index in [1.807, 2.05) is 14.1 Å². The minimum absolute atomic E-state index is 0. The van der Waals surface area contributed by atoms with Crippen LogP contribution >= 0.6 is 24.0 Å². The van der Waals surface area contributed by atoms with Crippen LogP contribution in [0.25, 0.3) is 0 Å². The monoisotopic (exact) mass is 367 g/mol. The van der Waals surface area contributed by atoms with Gasteiger partial charge in [-0.3, -0.25) is 4.99 Å². The van der Waals surface area contributed by atoms with Gasteiger partial charge in [-0.05, 0) is 42.9 Å². The number of guanidine groups is 1. The molecule has 2 N–H and O–H groups in total. The Balaban J connectivity index is 0.00000289. The summed E-state index contributed by atoms with van der Waals surface area (Å²) in [4.78, 5) is 4.14. The molecule has 1 rings (SSSR count). The number of aliphatic imine (C=N–C) groups is 1. The minimum Gasteiger partial charge on any atom is -0.359 e. The highest BCUT2D eigenvalue weighted by molar-refractivity contribution is 14.0. The van der Waals surface area contributed by atoms with Gasteiger partial charge in [0.15, 0.2) is 5.96 Å². The molecule has 0 aromatic rings. The number of rotatable bonds is 2. The Labute approximate surface area is 130 Å². The van der Waals surface area contributed by atoms with Gasteiger partial charge in [-0.15, -0.1) is 24.0 Å². The van der Waals surface area contributed by atoms with Crippen molar-refractivity contribution in [3.05, 3.63) is 0 Å². The van der Waals surface area contributed by atoms with Crippen molar-refractivity contribution in [2.75, 3.05) is 20.6 Å². The van der Waals surface area contributed by atoms with Gasteiger partial charge in [0.1, 0.15) is 0 Å². The van der Waals surface area contributed by atoms with Gasteiger partial charge in [0.25, 0.3) is 0 Å². The van der Waals surface area contributed by atoms with Crippen LogP contribution in [0.4, 0.5) is 0 Å². The predicted molar refractivity (Wildman–Crippen MR) is 90.7 cm³/mol. The molecule has 0 radical (unpaired) electrons. The SMILES string of the molecule is CN=C(NC)NCC1CCC(C(C)(C)C)CC1.I. The number of halogens is 1. The molecule has 0 aromatic heterocycles. The zero-order valence-electron chi connectivity index (χ0n) is 12.5. The second-order valence-corrected chi connectivity index (χ2v) is 6.29. The second kappa shape index (κ2) is 8.23. The molecular weight excluding hydrogens is 337 g/mol. The quantitative estimate of drug-likeness (QED) is 0.447. The number of hydrogen-bond donors (Lipinski definition) is 2. The largest absolute Gasteiger partial charge is 0.359 e. The van der Waals surface area contributed by atoms with Crippen molar-refractivity contribution >= 4 is 29.9 Å². The maximum absolute atomic E-state index is 4.14. The van der Waals surface area contributed by atoms with E-state index in [9.17, 15) is 0 Å². The smallest absolute Gasteiger partial charge is 0.190 e. The van der Waals surface area contributed by atoms with E-state index in [0.29, 0.717) is 5.41 Å². The summed E-state index contributed by atoms with van der Waals surface area (Å²) >= 11 is 0. The Hall–Kier alpha value is 0. The average molecular weight is 367 g/mol. The van der Waals surface area contributed by atoms with Gasteiger partial charge in [0.05, 0.1) is 0 Å². The zero-order valence-corrected chi connectivity index (χ0v) is 14.9. The standard InChI is InChI=1S/C14H29N3.HI/c1-14(2,3)12-8-6-11(7-9-12)10-17-13(15-4)16-5;/h11-12H,6-10H2,1-5H3,(H2,15,16,17);1H. The van der Waals surface area contributed by atoms with Gasteiger partial charge in [0, 0.05) is 20.6 Å². The molecular formula is C14H30IN3. The fraction of sp³-hybridized carbons (Fsp3) is 0.929. The molecule has 0 heterocycles. The molecule has 108 valence electrons. The van der Waals surface area contributed by atoms with Crippen LogP contribution in [0.5, 0.6) is 0 Å². The molecule has 3 nitrogen and oxygen atoms in total. The Morgan fingerprint density at radius 3 is 2.11 bits per heavy atom. The van der Waals surface area contributed by atoms with Crippen LogP contribution in [0.15, 0.2) is 4.99 Å². The fourth-order valence-corrected chi connectivity index (χ4v) is 2.75. The number of nitrogens with zero attached hydrogens (tertiary/aromatic N) is 1. The molecule has 1 aliphatic rings. The summed E-state index contributed by atoms with van der Waals surface area (Å²) in [5.41, 5.74) is 0.486. The summed E-state index contributed by atoms with van der Waals surface area (Å²) in [6.45, 7) is 8.18. The second-order valence-electron chi connectivity index (χ2n) is 6.29. The molecule has 1 fully saturated rings. The molecule has 0 aromatic carbocycles. The highest BCUT2D eigenvalue weighted by Gasteiger charge is 2.29. The normalized spacial score (nSPS) is 25.3. The van der Waals surface area contributed by atoms with Crippen LogP contribution in [0, 0.1) is 17.3 Å². The van der Waals surface area contributed by atoms with Gasteiger partial charge in [-0.2, -0.15) is 0 Å². The Kier molecular flexibility index (Phi) is 8.23. The fourth-order valence-electron chi connectivity index (χ4n) is 2.75. The molecule has 0 spiro atoms. The van der Waals surface area contributed by atoms with Crippen LogP contribution in [0.2, 0.25) is 0 Å². The lowest BCUT2D eigenvalue weighted by Crippen LogP contribution is -2.39. The third kappa shape index (κ3) is 5.76. The molecule has 4 heteroatoms. The van der Waals surface area contributed by atoms with Crippen molar-refractivity contribution in [3.63, 3.8) is 0 Å². The van der Waals surface area contributed by atoms with Gasteiger partial charge >= 0.3 is 0 Å². The molecule has 0 bridgehead atoms. The number of hydrogen-bond acceptors (Lipinski definition) is 1. The van der Waals surface area contributed by atoms with E-state index >= 15 is 0 Å². The third-order valence-corrected chi connectivity index (χ3v) is 4.09. The first-order chi connectivity index (χ1) is 7.97. The van der Waals surface area contributed by atoms with E-state index in [4.69, 9.17) is 0 Å². The maximum Gasteiger partial charge on any atom is 0.190 e. The summed E-state index contributed by atoms with van der Waals surface area (Å²) in [5.74, 6) is 2.63. The highest BCUT2D eigenvalue weighted by Crippen LogP contribution is 2.39. The zero-order chi connectivity index (χ0) is 12.9. The van der Waals surface area contributed by atoms with Crippen molar-refractivity contribution in [2.24, 2.45) is 22.2 Å².